The third-order valence-corrected chi connectivity index (χ3v) is 4.09. The maximum atomic E-state index is 13.9. The predicted molar refractivity (Wildman–Crippen MR) is 85.9 cm³/mol. The summed E-state index contributed by atoms with van der Waals surface area (Å²) in [6.45, 7) is 4.13. The van der Waals surface area contributed by atoms with Crippen molar-refractivity contribution in [2.24, 2.45) is 5.73 Å². The molecular formula is C19H18FN. The van der Waals surface area contributed by atoms with Crippen molar-refractivity contribution in [3.8, 4) is 0 Å². The van der Waals surface area contributed by atoms with E-state index in [2.05, 4.69) is 26.0 Å². The number of aryl methyl sites for hydroxylation is 2. The number of halogens is 1. The first-order valence-corrected chi connectivity index (χ1v) is 7.08. The van der Waals surface area contributed by atoms with Crippen molar-refractivity contribution in [3.63, 3.8) is 0 Å². The molecule has 0 aromatic heterocycles. The van der Waals surface area contributed by atoms with E-state index in [1.807, 2.05) is 24.3 Å². The summed E-state index contributed by atoms with van der Waals surface area (Å²) in [5.41, 5.74) is 10.9. The highest BCUT2D eigenvalue weighted by molar-refractivity contribution is 5.87. The maximum absolute atomic E-state index is 13.9. The lowest BCUT2D eigenvalue weighted by molar-refractivity contribution is 0.639. The van der Waals surface area contributed by atoms with Gasteiger partial charge < -0.3 is 5.73 Å². The van der Waals surface area contributed by atoms with Gasteiger partial charge in [-0.15, -0.1) is 0 Å². The van der Waals surface area contributed by atoms with Gasteiger partial charge in [0.2, 0.25) is 0 Å². The molecule has 1 atom stereocenters. The summed E-state index contributed by atoms with van der Waals surface area (Å²) < 4.78 is 13.9. The van der Waals surface area contributed by atoms with Crippen molar-refractivity contribution >= 4 is 10.8 Å². The Hall–Kier alpha value is -2.19. The standard InChI is InChI=1S/C19H18FN/c1-12-6-5-7-13(2)18(12)19(21)16-10-11-17(20)15-9-4-3-8-14(15)16/h3-11,19H,21H2,1-2H3. The van der Waals surface area contributed by atoms with Crippen LogP contribution in [0, 0.1) is 19.7 Å². The van der Waals surface area contributed by atoms with Crippen LogP contribution in [-0.2, 0) is 0 Å². The fourth-order valence-corrected chi connectivity index (χ4v) is 3.03. The Kier molecular flexibility index (Phi) is 3.48. The number of nitrogens with two attached hydrogens (primary N) is 1. The molecule has 0 spiro atoms. The van der Waals surface area contributed by atoms with Crippen LogP contribution in [0.3, 0.4) is 0 Å². The molecule has 3 aromatic carbocycles. The van der Waals surface area contributed by atoms with Crippen LogP contribution < -0.4 is 5.73 Å². The average Bonchev–Trinajstić information content (AvgIpc) is 2.47. The smallest absolute Gasteiger partial charge is 0.131 e. The van der Waals surface area contributed by atoms with Gasteiger partial charge in [-0.05, 0) is 47.6 Å². The molecule has 3 aromatic rings. The zero-order valence-corrected chi connectivity index (χ0v) is 12.2. The number of hydrogen-bond acceptors (Lipinski definition) is 1. The van der Waals surface area contributed by atoms with E-state index in [9.17, 15) is 4.39 Å². The van der Waals surface area contributed by atoms with Gasteiger partial charge in [-0.2, -0.15) is 0 Å². The monoisotopic (exact) mass is 279 g/mol. The summed E-state index contributed by atoms with van der Waals surface area (Å²) in [6.07, 6.45) is 0. The fourth-order valence-electron chi connectivity index (χ4n) is 3.03. The molecule has 106 valence electrons. The summed E-state index contributed by atoms with van der Waals surface area (Å²) in [4.78, 5) is 0. The van der Waals surface area contributed by atoms with E-state index in [1.165, 1.54) is 6.07 Å². The van der Waals surface area contributed by atoms with Gasteiger partial charge in [-0.3, -0.25) is 0 Å². The van der Waals surface area contributed by atoms with Crippen molar-refractivity contribution in [1.29, 1.82) is 0 Å². The van der Waals surface area contributed by atoms with Crippen LogP contribution in [0.2, 0.25) is 0 Å². The first kappa shape index (κ1) is 13.8. The van der Waals surface area contributed by atoms with E-state index in [1.54, 1.807) is 12.1 Å². The fraction of sp³-hybridized carbons (Fsp3) is 0.158. The summed E-state index contributed by atoms with van der Waals surface area (Å²) in [7, 11) is 0. The van der Waals surface area contributed by atoms with E-state index in [0.29, 0.717) is 5.39 Å². The van der Waals surface area contributed by atoms with Crippen molar-refractivity contribution in [3.05, 3.63) is 82.7 Å². The summed E-state index contributed by atoms with van der Waals surface area (Å²) in [6, 6.07) is 16.7. The van der Waals surface area contributed by atoms with Crippen molar-refractivity contribution in [2.45, 2.75) is 19.9 Å². The second kappa shape index (κ2) is 5.30. The van der Waals surface area contributed by atoms with Gasteiger partial charge in [-0.1, -0.05) is 48.5 Å². The minimum Gasteiger partial charge on any atom is -0.320 e. The molecule has 2 N–H and O–H groups in total. The highest BCUT2D eigenvalue weighted by Gasteiger charge is 2.17. The zero-order valence-electron chi connectivity index (χ0n) is 12.2. The van der Waals surface area contributed by atoms with Crippen LogP contribution in [-0.4, -0.2) is 0 Å². The van der Waals surface area contributed by atoms with Gasteiger partial charge in [0.05, 0.1) is 6.04 Å². The topological polar surface area (TPSA) is 26.0 Å². The molecule has 0 fully saturated rings. The molecule has 21 heavy (non-hydrogen) atoms. The molecule has 0 aliphatic rings. The summed E-state index contributed by atoms with van der Waals surface area (Å²) in [5, 5.41) is 1.50. The second-order valence-corrected chi connectivity index (χ2v) is 5.47. The Balaban J connectivity index is 2.23. The largest absolute Gasteiger partial charge is 0.320 e. The van der Waals surface area contributed by atoms with E-state index in [0.717, 1.165) is 27.6 Å². The number of hydrogen-bond donors (Lipinski definition) is 1. The molecule has 0 amide bonds. The molecule has 0 heterocycles. The minimum absolute atomic E-state index is 0.206. The molecule has 2 heteroatoms. The maximum Gasteiger partial charge on any atom is 0.131 e. The van der Waals surface area contributed by atoms with E-state index >= 15 is 0 Å². The van der Waals surface area contributed by atoms with Gasteiger partial charge in [-0.25, -0.2) is 4.39 Å². The lowest BCUT2D eigenvalue weighted by Crippen LogP contribution is -2.15. The molecule has 1 nitrogen and oxygen atoms in total. The molecule has 0 bridgehead atoms. The third kappa shape index (κ3) is 2.32. The van der Waals surface area contributed by atoms with Crippen LogP contribution in [0.5, 0.6) is 0 Å². The number of benzene rings is 3. The highest BCUT2D eigenvalue weighted by Crippen LogP contribution is 2.31. The van der Waals surface area contributed by atoms with Gasteiger partial charge >= 0.3 is 0 Å². The molecule has 0 saturated carbocycles. The average molecular weight is 279 g/mol. The summed E-state index contributed by atoms with van der Waals surface area (Å²) in [5.74, 6) is -0.206. The van der Waals surface area contributed by atoms with E-state index < -0.39 is 0 Å². The number of rotatable bonds is 2. The van der Waals surface area contributed by atoms with Gasteiger partial charge in [0, 0.05) is 5.39 Å². The van der Waals surface area contributed by atoms with Gasteiger partial charge in [0.15, 0.2) is 0 Å². The lowest BCUT2D eigenvalue weighted by atomic mass is 9.89. The highest BCUT2D eigenvalue weighted by atomic mass is 19.1. The van der Waals surface area contributed by atoms with Crippen LogP contribution in [0.4, 0.5) is 4.39 Å². The van der Waals surface area contributed by atoms with E-state index in [-0.39, 0.29) is 11.9 Å². The van der Waals surface area contributed by atoms with Crippen LogP contribution in [0.25, 0.3) is 10.8 Å². The lowest BCUT2D eigenvalue weighted by Gasteiger charge is -2.20. The molecule has 1 unspecified atom stereocenters. The normalized spacial score (nSPS) is 12.6. The number of fused-ring (bicyclic) bond motifs is 1. The van der Waals surface area contributed by atoms with Gasteiger partial charge in [0.1, 0.15) is 5.82 Å². The van der Waals surface area contributed by atoms with Gasteiger partial charge in [0.25, 0.3) is 0 Å². The zero-order chi connectivity index (χ0) is 15.0. The Morgan fingerprint density at radius 2 is 1.43 bits per heavy atom. The Morgan fingerprint density at radius 3 is 2.10 bits per heavy atom. The quantitative estimate of drug-likeness (QED) is 0.726. The second-order valence-electron chi connectivity index (χ2n) is 5.47. The Labute approximate surface area is 124 Å². The molecule has 0 aliphatic carbocycles. The molecule has 0 saturated heterocycles. The predicted octanol–water partition coefficient (Wildman–Crippen LogP) is 4.64. The van der Waals surface area contributed by atoms with Crippen molar-refractivity contribution in [2.75, 3.05) is 0 Å². The SMILES string of the molecule is Cc1cccc(C)c1C(N)c1ccc(F)c2ccccc12. The van der Waals surface area contributed by atoms with E-state index in [4.69, 9.17) is 5.73 Å². The Bertz CT molecular complexity index is 788. The molecule has 0 aliphatic heterocycles. The van der Waals surface area contributed by atoms with Crippen molar-refractivity contribution in [1.82, 2.24) is 0 Å². The summed E-state index contributed by atoms with van der Waals surface area (Å²) >= 11 is 0. The van der Waals surface area contributed by atoms with Crippen molar-refractivity contribution < 1.29 is 4.39 Å². The Morgan fingerprint density at radius 1 is 0.810 bits per heavy atom. The van der Waals surface area contributed by atoms with Crippen LogP contribution in [0.1, 0.15) is 28.3 Å². The van der Waals surface area contributed by atoms with Crippen LogP contribution in [0.15, 0.2) is 54.6 Å². The molecule has 0 radical (unpaired) electrons. The molecule has 3 rings (SSSR count). The third-order valence-electron chi connectivity index (χ3n) is 4.09. The first-order chi connectivity index (χ1) is 10.1. The molecular weight excluding hydrogens is 261 g/mol. The minimum atomic E-state index is -0.253. The first-order valence-electron chi connectivity index (χ1n) is 7.08. The van der Waals surface area contributed by atoms with Crippen LogP contribution >= 0.6 is 0 Å².